The van der Waals surface area contributed by atoms with E-state index in [0.29, 0.717) is 0 Å². The van der Waals surface area contributed by atoms with Crippen LogP contribution in [-0.4, -0.2) is 5.78 Å². The smallest absolute Gasteiger partial charge is 0.295 e. The fourth-order valence-corrected chi connectivity index (χ4v) is 1.41. The lowest BCUT2D eigenvalue weighted by molar-refractivity contribution is -0.137. The number of hydrogen-bond acceptors (Lipinski definition) is 1. The molecule has 1 rings (SSSR count). The van der Waals surface area contributed by atoms with E-state index in [1.165, 1.54) is 0 Å². The molecule has 0 unspecified atom stereocenters. The molecule has 1 aromatic carbocycles. The standard InChI is InChI=1S/C10H8ClF3O/c1-5-7(6(2)15)3-4-8(11)9(5)10(12,13)14/h3-4H,1-2H3/i1D3. The van der Waals surface area contributed by atoms with Crippen molar-refractivity contribution in [2.24, 2.45) is 0 Å². The first-order valence-electron chi connectivity index (χ1n) is 5.37. The third kappa shape index (κ3) is 2.31. The van der Waals surface area contributed by atoms with Gasteiger partial charge in [0.15, 0.2) is 5.78 Å². The Morgan fingerprint density at radius 1 is 1.47 bits per heavy atom. The Balaban J connectivity index is 3.79. The topological polar surface area (TPSA) is 17.1 Å². The number of alkyl halides is 3. The molecule has 1 aromatic rings. The Morgan fingerprint density at radius 3 is 2.47 bits per heavy atom. The molecule has 0 aromatic heterocycles. The van der Waals surface area contributed by atoms with Crippen molar-refractivity contribution in [3.8, 4) is 0 Å². The summed E-state index contributed by atoms with van der Waals surface area (Å²) >= 11 is 5.42. The molecule has 0 amide bonds. The van der Waals surface area contributed by atoms with Gasteiger partial charge in [0, 0.05) is 9.68 Å². The Hall–Kier alpha value is -1.03. The fourth-order valence-electron chi connectivity index (χ4n) is 1.15. The van der Waals surface area contributed by atoms with E-state index >= 15 is 0 Å². The molecule has 0 saturated heterocycles. The van der Waals surface area contributed by atoms with Crippen molar-refractivity contribution in [2.75, 3.05) is 0 Å². The van der Waals surface area contributed by atoms with Crippen LogP contribution in [-0.2, 0) is 6.18 Å². The van der Waals surface area contributed by atoms with Gasteiger partial charge >= 0.3 is 6.18 Å². The normalized spacial score (nSPS) is 15.4. The van der Waals surface area contributed by atoms with Gasteiger partial charge in [-0.25, -0.2) is 0 Å². The summed E-state index contributed by atoms with van der Waals surface area (Å²) in [4.78, 5) is 11.2. The molecular weight excluding hydrogens is 229 g/mol. The molecule has 0 aliphatic heterocycles. The van der Waals surface area contributed by atoms with E-state index in [-0.39, 0.29) is 0 Å². The molecule has 0 aliphatic rings. The molecule has 0 bridgehead atoms. The lowest BCUT2D eigenvalue weighted by Crippen LogP contribution is -2.11. The highest BCUT2D eigenvalue weighted by Gasteiger charge is 2.36. The first kappa shape index (κ1) is 8.16. The number of benzene rings is 1. The number of carbonyl (C=O) groups is 1. The zero-order chi connectivity index (χ0) is 14.3. The van der Waals surface area contributed by atoms with Crippen LogP contribution in [0.5, 0.6) is 0 Å². The maximum Gasteiger partial charge on any atom is 0.418 e. The molecule has 0 fully saturated rings. The van der Waals surface area contributed by atoms with Crippen molar-refractivity contribution < 1.29 is 22.1 Å². The van der Waals surface area contributed by atoms with Crippen molar-refractivity contribution in [3.63, 3.8) is 0 Å². The molecule has 82 valence electrons. The third-order valence-electron chi connectivity index (χ3n) is 1.82. The Kier molecular flexibility index (Phi) is 2.09. The van der Waals surface area contributed by atoms with Crippen LogP contribution in [0.3, 0.4) is 0 Å². The molecule has 15 heavy (non-hydrogen) atoms. The highest BCUT2D eigenvalue weighted by Crippen LogP contribution is 2.38. The lowest BCUT2D eigenvalue weighted by atomic mass is 9.99. The van der Waals surface area contributed by atoms with Crippen molar-refractivity contribution in [3.05, 3.63) is 33.8 Å². The maximum atomic E-state index is 12.8. The van der Waals surface area contributed by atoms with Gasteiger partial charge in [-0.2, -0.15) is 13.2 Å². The highest BCUT2D eigenvalue weighted by atomic mass is 35.5. The van der Waals surface area contributed by atoms with Crippen LogP contribution >= 0.6 is 11.6 Å². The van der Waals surface area contributed by atoms with E-state index in [4.69, 9.17) is 15.7 Å². The SMILES string of the molecule is [2H]C([2H])([2H])c1c(C(C)=O)ccc(Cl)c1C(F)(F)F. The van der Waals surface area contributed by atoms with E-state index < -0.39 is 40.5 Å². The first-order chi connectivity index (χ1) is 7.96. The van der Waals surface area contributed by atoms with Crippen LogP contribution in [0.2, 0.25) is 5.02 Å². The van der Waals surface area contributed by atoms with E-state index in [9.17, 15) is 18.0 Å². The molecule has 1 nitrogen and oxygen atoms in total. The quantitative estimate of drug-likeness (QED) is 0.680. The molecular formula is C10H8ClF3O. The van der Waals surface area contributed by atoms with Gasteiger partial charge in [-0.15, -0.1) is 0 Å². The molecule has 0 heterocycles. The number of Topliss-reactive ketones (excluding diaryl/α,β-unsaturated/α-hetero) is 1. The van der Waals surface area contributed by atoms with Gasteiger partial charge in [-0.05, 0) is 31.5 Å². The molecule has 0 aliphatic carbocycles. The number of halogens is 4. The van der Waals surface area contributed by atoms with Crippen molar-refractivity contribution in [1.29, 1.82) is 0 Å². The second-order valence-corrected chi connectivity index (χ2v) is 3.31. The van der Waals surface area contributed by atoms with Gasteiger partial charge in [-0.1, -0.05) is 11.6 Å². The average molecular weight is 240 g/mol. The van der Waals surface area contributed by atoms with Crippen LogP contribution in [0.15, 0.2) is 12.1 Å². The van der Waals surface area contributed by atoms with Gasteiger partial charge in [-0.3, -0.25) is 4.79 Å². The third-order valence-corrected chi connectivity index (χ3v) is 2.13. The zero-order valence-corrected chi connectivity index (χ0v) is 8.33. The Morgan fingerprint density at radius 2 is 2.07 bits per heavy atom. The minimum atomic E-state index is -4.94. The Labute approximate surface area is 94.1 Å². The second-order valence-electron chi connectivity index (χ2n) is 2.90. The summed E-state index contributed by atoms with van der Waals surface area (Å²) in [7, 11) is 0. The second kappa shape index (κ2) is 3.85. The van der Waals surface area contributed by atoms with Crippen LogP contribution in [0.1, 0.15) is 32.5 Å². The van der Waals surface area contributed by atoms with E-state index in [1.54, 1.807) is 0 Å². The van der Waals surface area contributed by atoms with Crippen LogP contribution in [0.4, 0.5) is 13.2 Å². The summed E-state index contributed by atoms with van der Waals surface area (Å²) in [6.45, 7) is -2.07. The van der Waals surface area contributed by atoms with Crippen molar-refractivity contribution in [2.45, 2.75) is 20.0 Å². The van der Waals surface area contributed by atoms with Crippen LogP contribution < -0.4 is 0 Å². The van der Waals surface area contributed by atoms with E-state index in [0.717, 1.165) is 19.1 Å². The van der Waals surface area contributed by atoms with Crippen molar-refractivity contribution in [1.82, 2.24) is 0 Å². The molecule has 0 radical (unpaired) electrons. The summed E-state index contributed by atoms with van der Waals surface area (Å²) in [5, 5.41) is -0.737. The summed E-state index contributed by atoms with van der Waals surface area (Å²) in [5.41, 5.74) is -3.02. The van der Waals surface area contributed by atoms with Gasteiger partial charge in [0.25, 0.3) is 0 Å². The Bertz CT molecular complexity index is 494. The number of hydrogen-bond donors (Lipinski definition) is 0. The van der Waals surface area contributed by atoms with Gasteiger partial charge < -0.3 is 0 Å². The van der Waals surface area contributed by atoms with Gasteiger partial charge in [0.05, 0.1) is 10.6 Å². The van der Waals surface area contributed by atoms with Gasteiger partial charge in [0.2, 0.25) is 0 Å². The summed E-state index contributed by atoms with van der Waals surface area (Å²) in [6.07, 6.45) is -4.94. The van der Waals surface area contributed by atoms with Gasteiger partial charge in [0.1, 0.15) is 0 Å². The number of carbonyl (C=O) groups excluding carboxylic acids is 1. The predicted molar refractivity (Wildman–Crippen MR) is 51.2 cm³/mol. The zero-order valence-electron chi connectivity index (χ0n) is 10.6. The predicted octanol–water partition coefficient (Wildman–Crippen LogP) is 3.87. The summed E-state index contributed by atoms with van der Waals surface area (Å²) in [6, 6.07) is 1.86. The first-order valence-corrected chi connectivity index (χ1v) is 4.25. The largest absolute Gasteiger partial charge is 0.418 e. The maximum absolute atomic E-state index is 12.8. The molecule has 0 spiro atoms. The monoisotopic (exact) mass is 239 g/mol. The summed E-state index contributed by atoms with van der Waals surface area (Å²) < 4.78 is 60.0. The van der Waals surface area contributed by atoms with E-state index in [2.05, 4.69) is 0 Å². The molecule has 0 N–H and O–H groups in total. The minimum absolute atomic E-state index is 0.494. The number of rotatable bonds is 1. The fraction of sp³-hybridized carbons (Fsp3) is 0.300. The van der Waals surface area contributed by atoms with Crippen LogP contribution in [0, 0.1) is 6.85 Å². The summed E-state index contributed by atoms with van der Waals surface area (Å²) in [5.74, 6) is -0.761. The highest BCUT2D eigenvalue weighted by molar-refractivity contribution is 6.31. The van der Waals surface area contributed by atoms with E-state index in [1.807, 2.05) is 0 Å². The lowest BCUT2D eigenvalue weighted by Gasteiger charge is -2.14. The molecule has 0 atom stereocenters. The molecule has 5 heteroatoms. The van der Waals surface area contributed by atoms with Crippen LogP contribution in [0.25, 0.3) is 0 Å². The molecule has 0 saturated carbocycles. The number of ketones is 1. The van der Waals surface area contributed by atoms with Crippen molar-refractivity contribution >= 4 is 17.4 Å². The average Bonchev–Trinajstić information content (AvgIpc) is 2.13. The minimum Gasteiger partial charge on any atom is -0.295 e.